The number of hydrogen-bond acceptors (Lipinski definition) is 3. The van der Waals surface area contributed by atoms with E-state index in [1.54, 1.807) is 6.26 Å². The molecular weight excluding hydrogens is 288 g/mol. The number of hydrogen-bond donors (Lipinski definition) is 1. The second-order valence-electron chi connectivity index (χ2n) is 7.06. The van der Waals surface area contributed by atoms with E-state index in [-0.39, 0.29) is 11.9 Å². The zero-order valence-corrected chi connectivity index (χ0v) is 14.0. The quantitative estimate of drug-likeness (QED) is 0.939. The Balaban J connectivity index is 1.82. The maximum absolute atomic E-state index is 12.2. The summed E-state index contributed by atoms with van der Waals surface area (Å²) >= 11 is 0. The molecule has 1 N–H and O–H groups in total. The van der Waals surface area contributed by atoms with Crippen molar-refractivity contribution in [1.29, 1.82) is 0 Å². The van der Waals surface area contributed by atoms with Crippen LogP contribution >= 0.6 is 0 Å². The molecule has 0 unspecified atom stereocenters. The number of carbonyl (C=O) groups excluding carboxylic acids is 1. The van der Waals surface area contributed by atoms with Crippen LogP contribution in [0.25, 0.3) is 0 Å². The van der Waals surface area contributed by atoms with Crippen molar-refractivity contribution in [2.45, 2.75) is 33.2 Å². The number of para-hydroxylation sites is 1. The van der Waals surface area contributed by atoms with Crippen LogP contribution in [0.3, 0.4) is 0 Å². The fraction of sp³-hybridized carbons (Fsp3) is 0.421. The third kappa shape index (κ3) is 3.26. The number of benzene rings is 1. The van der Waals surface area contributed by atoms with Crippen molar-refractivity contribution in [3.8, 4) is 0 Å². The normalized spacial score (nSPS) is 15.3. The summed E-state index contributed by atoms with van der Waals surface area (Å²) in [5, 5.41) is 3.08. The molecule has 4 heteroatoms. The van der Waals surface area contributed by atoms with Crippen LogP contribution in [-0.2, 0) is 11.2 Å². The molecule has 0 aliphatic carbocycles. The molecule has 0 saturated heterocycles. The van der Waals surface area contributed by atoms with E-state index in [4.69, 9.17) is 4.42 Å². The fourth-order valence-corrected chi connectivity index (χ4v) is 2.99. The van der Waals surface area contributed by atoms with Crippen LogP contribution in [-0.4, -0.2) is 19.0 Å². The van der Waals surface area contributed by atoms with Crippen LogP contribution < -0.4 is 10.2 Å². The predicted molar refractivity (Wildman–Crippen MR) is 91.4 cm³/mol. The van der Waals surface area contributed by atoms with Crippen molar-refractivity contribution in [3.05, 3.63) is 54.0 Å². The zero-order chi connectivity index (χ0) is 16.4. The van der Waals surface area contributed by atoms with Gasteiger partial charge in [-0.25, -0.2) is 0 Å². The van der Waals surface area contributed by atoms with E-state index in [1.807, 2.05) is 32.9 Å². The molecule has 23 heavy (non-hydrogen) atoms. The lowest BCUT2D eigenvalue weighted by atomic mass is 9.95. The number of anilines is 1. The maximum atomic E-state index is 12.2. The van der Waals surface area contributed by atoms with Crippen molar-refractivity contribution in [3.63, 3.8) is 0 Å². The molecule has 3 rings (SSSR count). The number of nitrogens with one attached hydrogen (secondary N) is 1. The van der Waals surface area contributed by atoms with Crippen molar-refractivity contribution in [2.75, 3.05) is 18.0 Å². The number of fused-ring (bicyclic) bond motifs is 1. The molecule has 0 saturated carbocycles. The molecule has 4 nitrogen and oxygen atoms in total. The summed E-state index contributed by atoms with van der Waals surface area (Å²) in [5.74, 6) is 0.942. The topological polar surface area (TPSA) is 45.5 Å². The standard InChI is InChI=1S/C19H24N2O2/c1-19(2,3)18(22)20-13-16(17-9-6-12-23-17)21-11-10-14-7-4-5-8-15(14)21/h4-9,12,16H,10-11,13H2,1-3H3,(H,20,22)/t16-/m0/s1. The van der Waals surface area contributed by atoms with Gasteiger partial charge in [-0.05, 0) is 30.2 Å². The first-order chi connectivity index (χ1) is 11.0. The average molecular weight is 312 g/mol. The third-order valence-corrected chi connectivity index (χ3v) is 4.31. The van der Waals surface area contributed by atoms with Crippen molar-refractivity contribution in [2.24, 2.45) is 5.41 Å². The summed E-state index contributed by atoms with van der Waals surface area (Å²) in [5.41, 5.74) is 2.20. The van der Waals surface area contributed by atoms with E-state index in [2.05, 4.69) is 34.5 Å². The molecular formula is C19H24N2O2. The van der Waals surface area contributed by atoms with Gasteiger partial charge >= 0.3 is 0 Å². The smallest absolute Gasteiger partial charge is 0.225 e. The molecule has 2 aromatic rings. The molecule has 1 amide bonds. The molecule has 1 aromatic carbocycles. The highest BCUT2D eigenvalue weighted by Gasteiger charge is 2.30. The van der Waals surface area contributed by atoms with Crippen LogP contribution in [0, 0.1) is 5.41 Å². The van der Waals surface area contributed by atoms with Crippen LogP contribution in [0.2, 0.25) is 0 Å². The lowest BCUT2D eigenvalue weighted by Gasteiger charge is -2.30. The van der Waals surface area contributed by atoms with E-state index in [0.29, 0.717) is 6.54 Å². The Morgan fingerprint density at radius 2 is 2.04 bits per heavy atom. The molecule has 0 bridgehead atoms. The molecule has 0 fully saturated rings. The van der Waals surface area contributed by atoms with Crippen molar-refractivity contribution >= 4 is 11.6 Å². The highest BCUT2D eigenvalue weighted by atomic mass is 16.3. The van der Waals surface area contributed by atoms with Gasteiger partial charge in [-0.15, -0.1) is 0 Å². The molecule has 122 valence electrons. The number of carbonyl (C=O) groups is 1. The minimum Gasteiger partial charge on any atom is -0.467 e. The highest BCUT2D eigenvalue weighted by molar-refractivity contribution is 5.81. The van der Waals surface area contributed by atoms with Crippen LogP contribution in [0.15, 0.2) is 47.1 Å². The summed E-state index contributed by atoms with van der Waals surface area (Å²) in [7, 11) is 0. The minimum atomic E-state index is -0.392. The largest absolute Gasteiger partial charge is 0.467 e. The number of furan rings is 1. The zero-order valence-electron chi connectivity index (χ0n) is 14.0. The first kappa shape index (κ1) is 15.7. The second-order valence-corrected chi connectivity index (χ2v) is 7.06. The molecule has 1 aliphatic rings. The van der Waals surface area contributed by atoms with Crippen molar-refractivity contribution < 1.29 is 9.21 Å². The van der Waals surface area contributed by atoms with Gasteiger partial charge in [0.15, 0.2) is 0 Å². The minimum absolute atomic E-state index is 0.0138. The average Bonchev–Trinajstić information content (AvgIpc) is 3.16. The van der Waals surface area contributed by atoms with Crippen molar-refractivity contribution in [1.82, 2.24) is 5.32 Å². The van der Waals surface area contributed by atoms with Gasteiger partial charge in [-0.2, -0.15) is 0 Å². The Hall–Kier alpha value is -2.23. The summed E-state index contributed by atoms with van der Waals surface area (Å²) < 4.78 is 5.65. The van der Waals surface area contributed by atoms with Gasteiger partial charge in [0.05, 0.1) is 6.26 Å². The van der Waals surface area contributed by atoms with Crippen LogP contribution in [0.4, 0.5) is 5.69 Å². The Morgan fingerprint density at radius 3 is 2.74 bits per heavy atom. The Labute approximate surface area is 137 Å². The lowest BCUT2D eigenvalue weighted by Crippen LogP contribution is -2.41. The van der Waals surface area contributed by atoms with Crippen LogP contribution in [0.1, 0.15) is 38.1 Å². The molecule has 1 aliphatic heterocycles. The molecule has 1 aromatic heterocycles. The SMILES string of the molecule is CC(C)(C)C(=O)NC[C@@H](c1ccco1)N1CCc2ccccc21. The molecule has 1 atom stereocenters. The summed E-state index contributed by atoms with van der Waals surface area (Å²) in [4.78, 5) is 14.6. The monoisotopic (exact) mass is 312 g/mol. The Morgan fingerprint density at radius 1 is 1.26 bits per heavy atom. The van der Waals surface area contributed by atoms with Gasteiger partial charge in [0.25, 0.3) is 0 Å². The van der Waals surface area contributed by atoms with Gasteiger partial charge < -0.3 is 14.6 Å². The Kier molecular flexibility index (Phi) is 4.16. The molecule has 0 radical (unpaired) electrons. The predicted octanol–water partition coefficient (Wildman–Crippen LogP) is 3.55. The van der Waals surface area contributed by atoms with Gasteiger partial charge in [-0.1, -0.05) is 39.0 Å². The summed E-state index contributed by atoms with van der Waals surface area (Å²) in [6.07, 6.45) is 2.72. The van der Waals surface area contributed by atoms with E-state index < -0.39 is 5.41 Å². The van der Waals surface area contributed by atoms with E-state index >= 15 is 0 Å². The van der Waals surface area contributed by atoms with Gasteiger partial charge in [0.1, 0.15) is 11.8 Å². The number of rotatable bonds is 4. The Bertz CT molecular complexity index is 671. The van der Waals surface area contributed by atoms with Gasteiger partial charge in [0, 0.05) is 24.2 Å². The van der Waals surface area contributed by atoms with Crippen LogP contribution in [0.5, 0.6) is 0 Å². The first-order valence-electron chi connectivity index (χ1n) is 8.13. The summed E-state index contributed by atoms with van der Waals surface area (Å²) in [6.45, 7) is 7.26. The summed E-state index contributed by atoms with van der Waals surface area (Å²) in [6, 6.07) is 12.3. The third-order valence-electron chi connectivity index (χ3n) is 4.31. The fourth-order valence-electron chi connectivity index (χ4n) is 2.99. The highest BCUT2D eigenvalue weighted by Crippen LogP contribution is 2.35. The number of amides is 1. The maximum Gasteiger partial charge on any atom is 0.225 e. The first-order valence-corrected chi connectivity index (χ1v) is 8.13. The van der Waals surface area contributed by atoms with Gasteiger partial charge in [-0.3, -0.25) is 4.79 Å². The van der Waals surface area contributed by atoms with E-state index in [0.717, 1.165) is 18.7 Å². The lowest BCUT2D eigenvalue weighted by molar-refractivity contribution is -0.128. The number of nitrogens with zero attached hydrogens (tertiary/aromatic N) is 1. The molecule has 2 heterocycles. The van der Waals surface area contributed by atoms with Gasteiger partial charge in [0.2, 0.25) is 5.91 Å². The van der Waals surface area contributed by atoms with E-state index in [1.165, 1.54) is 11.3 Å². The van der Waals surface area contributed by atoms with E-state index in [9.17, 15) is 4.79 Å². The second kappa shape index (κ2) is 6.11. The molecule has 0 spiro atoms.